The first-order valence-electron chi connectivity index (χ1n) is 6.92. The molecule has 0 aromatic carbocycles. The van der Waals surface area contributed by atoms with Crippen LogP contribution in [0.25, 0.3) is 0 Å². The zero-order chi connectivity index (χ0) is 12.4. The summed E-state index contributed by atoms with van der Waals surface area (Å²) in [4.78, 5) is 11.2. The molecule has 96 valence electrons. The Hall–Kier alpha value is -0.530. The van der Waals surface area contributed by atoms with Crippen LogP contribution in [0.3, 0.4) is 0 Å². The molecule has 0 aliphatic carbocycles. The molecule has 0 rings (SSSR count). The van der Waals surface area contributed by atoms with Crippen LogP contribution < -0.4 is 5.73 Å². The van der Waals surface area contributed by atoms with E-state index >= 15 is 0 Å². The molecule has 0 bridgehead atoms. The first kappa shape index (κ1) is 15.5. The fraction of sp³-hybridized carbons (Fsp3) is 0.929. The molecule has 0 heterocycles. The molecule has 16 heavy (non-hydrogen) atoms. The molecule has 1 atom stereocenters. The average molecular weight is 227 g/mol. The molecule has 0 saturated heterocycles. The Morgan fingerprint density at radius 2 is 1.44 bits per heavy atom. The molecule has 2 N–H and O–H groups in total. The minimum atomic E-state index is -0.127. The van der Waals surface area contributed by atoms with Crippen LogP contribution in [-0.4, -0.2) is 5.91 Å². The molecule has 0 aliphatic heterocycles. The van der Waals surface area contributed by atoms with E-state index in [1.807, 2.05) is 6.92 Å². The molecule has 1 amide bonds. The molecule has 0 aromatic rings. The van der Waals surface area contributed by atoms with E-state index in [4.69, 9.17) is 5.73 Å². The van der Waals surface area contributed by atoms with Gasteiger partial charge in [0.1, 0.15) is 0 Å². The zero-order valence-corrected chi connectivity index (χ0v) is 11.3. The van der Waals surface area contributed by atoms with Crippen molar-refractivity contribution in [3.05, 3.63) is 0 Å². The summed E-state index contributed by atoms with van der Waals surface area (Å²) in [7, 11) is 0. The first-order valence-corrected chi connectivity index (χ1v) is 6.92. The fourth-order valence-corrected chi connectivity index (χ4v) is 2.19. The third-order valence-electron chi connectivity index (χ3n) is 3.51. The predicted molar refractivity (Wildman–Crippen MR) is 70.1 cm³/mol. The number of hydrogen-bond donors (Lipinski definition) is 1. The average Bonchev–Trinajstić information content (AvgIpc) is 2.26. The minimum Gasteiger partial charge on any atom is -0.369 e. The van der Waals surface area contributed by atoms with Crippen LogP contribution in [0.1, 0.15) is 72.1 Å². The van der Waals surface area contributed by atoms with E-state index in [0.29, 0.717) is 5.92 Å². The van der Waals surface area contributed by atoms with Crippen molar-refractivity contribution in [1.82, 2.24) is 0 Å². The largest absolute Gasteiger partial charge is 0.369 e. The van der Waals surface area contributed by atoms with Gasteiger partial charge in [0, 0.05) is 5.92 Å². The summed E-state index contributed by atoms with van der Waals surface area (Å²) in [6, 6.07) is 0. The van der Waals surface area contributed by atoms with Crippen molar-refractivity contribution in [1.29, 1.82) is 0 Å². The van der Waals surface area contributed by atoms with Gasteiger partial charge >= 0.3 is 0 Å². The lowest BCUT2D eigenvalue weighted by Gasteiger charge is -2.21. The van der Waals surface area contributed by atoms with Crippen molar-refractivity contribution in [2.24, 2.45) is 17.6 Å². The third kappa shape index (κ3) is 6.86. The molecule has 2 nitrogen and oxygen atoms in total. The Labute approximate surface area is 101 Å². The second kappa shape index (κ2) is 9.68. The number of rotatable bonds is 10. The number of amides is 1. The van der Waals surface area contributed by atoms with Crippen molar-refractivity contribution in [2.45, 2.75) is 72.1 Å². The predicted octanol–water partition coefficient (Wildman–Crippen LogP) is 3.88. The van der Waals surface area contributed by atoms with Gasteiger partial charge in [0.2, 0.25) is 5.91 Å². The Kier molecular flexibility index (Phi) is 9.36. The number of hydrogen-bond acceptors (Lipinski definition) is 1. The van der Waals surface area contributed by atoms with E-state index in [-0.39, 0.29) is 11.8 Å². The van der Waals surface area contributed by atoms with E-state index in [0.717, 1.165) is 0 Å². The Bertz CT molecular complexity index is 170. The maximum absolute atomic E-state index is 11.2. The third-order valence-corrected chi connectivity index (χ3v) is 3.51. The molecular weight excluding hydrogens is 198 g/mol. The Morgan fingerprint density at radius 1 is 1.00 bits per heavy atom. The van der Waals surface area contributed by atoms with E-state index < -0.39 is 0 Å². The van der Waals surface area contributed by atoms with Crippen molar-refractivity contribution < 1.29 is 4.79 Å². The highest BCUT2D eigenvalue weighted by Crippen LogP contribution is 2.25. The normalized spacial score (nSPS) is 13.0. The summed E-state index contributed by atoms with van der Waals surface area (Å²) in [5, 5.41) is 0. The van der Waals surface area contributed by atoms with Crippen LogP contribution in [0.5, 0.6) is 0 Å². The monoisotopic (exact) mass is 227 g/mol. The highest BCUT2D eigenvalue weighted by atomic mass is 16.1. The smallest absolute Gasteiger partial charge is 0.220 e. The fourth-order valence-electron chi connectivity index (χ4n) is 2.19. The van der Waals surface area contributed by atoms with Crippen molar-refractivity contribution in [3.63, 3.8) is 0 Å². The maximum Gasteiger partial charge on any atom is 0.220 e. The van der Waals surface area contributed by atoms with Gasteiger partial charge in [-0.2, -0.15) is 0 Å². The van der Waals surface area contributed by atoms with E-state index in [1.165, 1.54) is 51.4 Å². The van der Waals surface area contributed by atoms with E-state index in [1.54, 1.807) is 0 Å². The molecule has 0 radical (unpaired) electrons. The summed E-state index contributed by atoms with van der Waals surface area (Å²) in [5.74, 6) is 0.433. The van der Waals surface area contributed by atoms with Crippen molar-refractivity contribution in [3.8, 4) is 0 Å². The highest BCUT2D eigenvalue weighted by Gasteiger charge is 2.20. The number of primary amides is 1. The van der Waals surface area contributed by atoms with Gasteiger partial charge in [0.25, 0.3) is 0 Å². The molecule has 0 saturated carbocycles. The lowest BCUT2D eigenvalue weighted by atomic mass is 9.84. The van der Waals surface area contributed by atoms with Gasteiger partial charge in [-0.1, -0.05) is 59.3 Å². The van der Waals surface area contributed by atoms with Crippen LogP contribution in [0.2, 0.25) is 0 Å². The quantitative estimate of drug-likeness (QED) is 0.565. The van der Waals surface area contributed by atoms with Gasteiger partial charge in [0.05, 0.1) is 0 Å². The Balaban J connectivity index is 3.99. The lowest BCUT2D eigenvalue weighted by molar-refractivity contribution is -0.123. The maximum atomic E-state index is 11.2. The summed E-state index contributed by atoms with van der Waals surface area (Å²) in [5.41, 5.74) is 5.41. The highest BCUT2D eigenvalue weighted by molar-refractivity contribution is 5.76. The lowest BCUT2D eigenvalue weighted by Crippen LogP contribution is -2.27. The topological polar surface area (TPSA) is 43.1 Å². The van der Waals surface area contributed by atoms with Gasteiger partial charge in [0.15, 0.2) is 0 Å². The van der Waals surface area contributed by atoms with E-state index in [9.17, 15) is 4.79 Å². The number of unbranched alkanes of at least 4 members (excludes halogenated alkanes) is 4. The van der Waals surface area contributed by atoms with Gasteiger partial charge in [-0.3, -0.25) is 4.79 Å². The van der Waals surface area contributed by atoms with Crippen LogP contribution >= 0.6 is 0 Å². The number of carbonyl (C=O) groups excluding carboxylic acids is 1. The molecule has 2 heteroatoms. The second-order valence-corrected chi connectivity index (χ2v) is 4.94. The zero-order valence-electron chi connectivity index (χ0n) is 11.3. The van der Waals surface area contributed by atoms with E-state index in [2.05, 4.69) is 13.8 Å². The Morgan fingerprint density at radius 3 is 1.75 bits per heavy atom. The van der Waals surface area contributed by atoms with Crippen LogP contribution in [0, 0.1) is 11.8 Å². The standard InChI is InChI=1S/C14H29NO/c1-4-6-8-10-13(11-9-7-5-2)12(3)14(15)16/h12-13H,4-11H2,1-3H3,(H2,15,16). The summed E-state index contributed by atoms with van der Waals surface area (Å²) in [6.07, 6.45) is 9.85. The summed E-state index contributed by atoms with van der Waals surface area (Å²) >= 11 is 0. The number of carbonyl (C=O) groups is 1. The SMILES string of the molecule is CCCCCC(CCCCC)C(C)C(N)=O. The molecular formula is C14H29NO. The van der Waals surface area contributed by atoms with Crippen molar-refractivity contribution in [2.75, 3.05) is 0 Å². The summed E-state index contributed by atoms with van der Waals surface area (Å²) in [6.45, 7) is 6.41. The summed E-state index contributed by atoms with van der Waals surface area (Å²) < 4.78 is 0. The van der Waals surface area contributed by atoms with Crippen molar-refractivity contribution >= 4 is 5.91 Å². The molecule has 1 unspecified atom stereocenters. The van der Waals surface area contributed by atoms with Gasteiger partial charge in [-0.15, -0.1) is 0 Å². The van der Waals surface area contributed by atoms with Gasteiger partial charge < -0.3 is 5.73 Å². The molecule has 0 aliphatic rings. The van der Waals surface area contributed by atoms with Gasteiger partial charge in [-0.25, -0.2) is 0 Å². The minimum absolute atomic E-state index is 0.0497. The molecule has 0 spiro atoms. The van der Waals surface area contributed by atoms with Gasteiger partial charge in [-0.05, 0) is 18.8 Å². The molecule has 0 fully saturated rings. The number of nitrogens with two attached hydrogens (primary N) is 1. The van der Waals surface area contributed by atoms with Crippen LogP contribution in [-0.2, 0) is 4.79 Å². The second-order valence-electron chi connectivity index (χ2n) is 4.94. The van der Waals surface area contributed by atoms with Crippen LogP contribution in [0.4, 0.5) is 0 Å². The van der Waals surface area contributed by atoms with Crippen LogP contribution in [0.15, 0.2) is 0 Å². The molecule has 0 aromatic heterocycles. The first-order chi connectivity index (χ1) is 7.63.